The van der Waals surface area contributed by atoms with Crippen LogP contribution < -0.4 is 10.2 Å². The van der Waals surface area contributed by atoms with Crippen LogP contribution in [0.4, 0.5) is 0 Å². The van der Waals surface area contributed by atoms with E-state index in [4.69, 9.17) is 0 Å². The standard InChI is InChI=1S/C22H42O4.2C4H9.Sn/c1-3-5-7-9-11-13-17-22(21(25)26,19-15-16-20(23)24)18-14-12-10-8-6-4-2;2*1-3-4-2;/h3-19H2,1-2H3,(H,23,24)(H,25,26);2*1,3-4H2,2H3;/q;;;+2/p-2. The number of hydrogen-bond acceptors (Lipinski definition) is 4. The molecular formula is C30H58O4Sn. The minimum absolute atomic E-state index is 0.0674. The Morgan fingerprint density at radius 1 is 0.543 bits per heavy atom. The van der Waals surface area contributed by atoms with Crippen molar-refractivity contribution in [3.8, 4) is 0 Å². The van der Waals surface area contributed by atoms with E-state index < -0.39 is 17.4 Å². The van der Waals surface area contributed by atoms with Gasteiger partial charge in [-0.05, 0) is 32.1 Å². The molecule has 0 aromatic rings. The molecule has 0 aromatic carbocycles. The van der Waals surface area contributed by atoms with Gasteiger partial charge in [-0.25, -0.2) is 0 Å². The molecule has 0 unspecified atom stereocenters. The van der Waals surface area contributed by atoms with E-state index in [1.165, 1.54) is 64.2 Å². The number of carboxylic acids is 2. The zero-order valence-corrected chi connectivity index (χ0v) is 26.8. The topological polar surface area (TPSA) is 80.3 Å². The Morgan fingerprint density at radius 2 is 0.914 bits per heavy atom. The molecule has 0 saturated heterocycles. The summed E-state index contributed by atoms with van der Waals surface area (Å²) in [5, 5.41) is 22.7. The number of aliphatic carboxylic acids is 2. The van der Waals surface area contributed by atoms with Gasteiger partial charge in [-0.3, -0.25) is 0 Å². The van der Waals surface area contributed by atoms with Gasteiger partial charge in [0.2, 0.25) is 0 Å². The molecule has 0 bridgehead atoms. The summed E-state index contributed by atoms with van der Waals surface area (Å²) in [5.41, 5.74) is -0.856. The molecule has 0 amide bonds. The Kier molecular flexibility index (Phi) is 29.8. The first-order chi connectivity index (χ1) is 16.9. The number of carbonyl (C=O) groups is 2. The molecule has 0 aliphatic carbocycles. The molecule has 0 N–H and O–H groups in total. The summed E-state index contributed by atoms with van der Waals surface area (Å²) in [6.07, 6.45) is 21.2. The third-order valence-corrected chi connectivity index (χ3v) is 10.9. The number of hydrogen-bond donors (Lipinski definition) is 0. The maximum atomic E-state index is 12.0. The van der Waals surface area contributed by atoms with Crippen LogP contribution >= 0.6 is 0 Å². The van der Waals surface area contributed by atoms with E-state index in [0.29, 0.717) is 25.7 Å². The molecule has 0 aromatic heterocycles. The molecule has 0 aliphatic heterocycles. The summed E-state index contributed by atoms with van der Waals surface area (Å²) in [5.74, 6) is -2.09. The Balaban J connectivity index is 0. The van der Waals surface area contributed by atoms with Crippen molar-refractivity contribution in [2.75, 3.05) is 0 Å². The first kappa shape index (κ1) is 36.9. The van der Waals surface area contributed by atoms with Crippen LogP contribution in [-0.2, 0) is 9.59 Å². The molecule has 5 heteroatoms. The molecule has 35 heavy (non-hydrogen) atoms. The second-order valence-electron chi connectivity index (χ2n) is 10.3. The third-order valence-electron chi connectivity index (χ3n) is 6.90. The van der Waals surface area contributed by atoms with E-state index in [0.717, 1.165) is 38.5 Å². The monoisotopic (exact) mass is 602 g/mol. The van der Waals surface area contributed by atoms with Gasteiger partial charge in [0, 0.05) is 17.4 Å². The fraction of sp³-hybridized carbons (Fsp3) is 0.933. The van der Waals surface area contributed by atoms with Crippen LogP contribution in [0.15, 0.2) is 0 Å². The van der Waals surface area contributed by atoms with E-state index in [1.54, 1.807) is 8.87 Å². The zero-order chi connectivity index (χ0) is 26.6. The normalized spacial score (nSPS) is 11.0. The van der Waals surface area contributed by atoms with Gasteiger partial charge in [0.15, 0.2) is 0 Å². The first-order valence-corrected chi connectivity index (χ1v) is 19.1. The van der Waals surface area contributed by atoms with Crippen LogP contribution in [0.1, 0.15) is 163 Å². The molecule has 4 nitrogen and oxygen atoms in total. The Morgan fingerprint density at radius 3 is 1.29 bits per heavy atom. The van der Waals surface area contributed by atoms with Gasteiger partial charge >= 0.3 is 69.5 Å². The van der Waals surface area contributed by atoms with Gasteiger partial charge < -0.3 is 19.8 Å². The van der Waals surface area contributed by atoms with E-state index in [9.17, 15) is 19.8 Å². The average Bonchev–Trinajstić information content (AvgIpc) is 2.83. The van der Waals surface area contributed by atoms with E-state index in [-0.39, 0.29) is 27.6 Å². The molecule has 0 atom stereocenters. The molecule has 206 valence electrons. The SMILES string of the molecule is CCCCCCCCC(CCCCCCCC)(CCCC(=O)[O-])C(=O)[O-].CCC[CH2][Sn+2][CH2]CCC. The van der Waals surface area contributed by atoms with Crippen molar-refractivity contribution in [1.29, 1.82) is 0 Å². The molecular weight excluding hydrogens is 543 g/mol. The summed E-state index contributed by atoms with van der Waals surface area (Å²) in [7, 11) is 0. The summed E-state index contributed by atoms with van der Waals surface area (Å²) >= 11 is 0.149. The molecule has 0 saturated carbocycles. The van der Waals surface area contributed by atoms with Crippen molar-refractivity contribution >= 4 is 33.1 Å². The second kappa shape index (κ2) is 28.3. The summed E-state index contributed by atoms with van der Waals surface area (Å²) in [4.78, 5) is 22.7. The van der Waals surface area contributed by atoms with Crippen molar-refractivity contribution in [2.24, 2.45) is 5.41 Å². The fourth-order valence-corrected chi connectivity index (χ4v) is 8.63. The molecule has 0 radical (unpaired) electrons. The zero-order valence-electron chi connectivity index (χ0n) is 23.9. The van der Waals surface area contributed by atoms with Gasteiger partial charge in [-0.2, -0.15) is 0 Å². The van der Waals surface area contributed by atoms with Gasteiger partial charge in [-0.1, -0.05) is 90.9 Å². The van der Waals surface area contributed by atoms with Gasteiger partial charge in [-0.15, -0.1) is 0 Å². The Bertz CT molecular complexity index is 445. The Labute approximate surface area is 229 Å². The molecule has 0 spiro atoms. The number of unbranched alkanes of at least 4 members (excludes halogenated alkanes) is 12. The van der Waals surface area contributed by atoms with Crippen LogP contribution in [0.25, 0.3) is 0 Å². The predicted molar refractivity (Wildman–Crippen MR) is 147 cm³/mol. The van der Waals surface area contributed by atoms with E-state index in [2.05, 4.69) is 27.7 Å². The van der Waals surface area contributed by atoms with Crippen LogP contribution in [0.3, 0.4) is 0 Å². The summed E-state index contributed by atoms with van der Waals surface area (Å²) in [6.45, 7) is 8.94. The van der Waals surface area contributed by atoms with E-state index >= 15 is 0 Å². The molecule has 0 heterocycles. The van der Waals surface area contributed by atoms with Gasteiger partial charge in [0.05, 0.1) is 0 Å². The van der Waals surface area contributed by atoms with Gasteiger partial charge in [0.25, 0.3) is 0 Å². The van der Waals surface area contributed by atoms with Crippen LogP contribution in [0, 0.1) is 5.41 Å². The number of carboxylic acid groups (broad SMARTS) is 2. The molecule has 0 aliphatic rings. The first-order valence-electron chi connectivity index (χ1n) is 15.0. The van der Waals surface area contributed by atoms with Crippen molar-refractivity contribution in [3.05, 3.63) is 0 Å². The molecule has 0 fully saturated rings. The predicted octanol–water partition coefficient (Wildman–Crippen LogP) is 7.27. The average molecular weight is 602 g/mol. The van der Waals surface area contributed by atoms with Crippen molar-refractivity contribution < 1.29 is 19.8 Å². The minimum atomic E-state index is -1.10. The second-order valence-corrected chi connectivity index (χ2v) is 14.6. The molecule has 0 rings (SSSR count). The summed E-state index contributed by atoms with van der Waals surface area (Å²) < 4.78 is 3.25. The van der Waals surface area contributed by atoms with Crippen LogP contribution in [0.5, 0.6) is 0 Å². The maximum absolute atomic E-state index is 12.0. The quantitative estimate of drug-likeness (QED) is 0.0815. The van der Waals surface area contributed by atoms with Crippen molar-refractivity contribution in [2.45, 2.75) is 171 Å². The van der Waals surface area contributed by atoms with Crippen LogP contribution in [0.2, 0.25) is 8.87 Å². The number of rotatable bonds is 25. The Hall–Kier alpha value is -0.261. The number of carbonyl (C=O) groups excluding carboxylic acids is 2. The summed E-state index contributed by atoms with van der Waals surface area (Å²) in [6, 6.07) is 0. The van der Waals surface area contributed by atoms with Crippen LogP contribution in [-0.4, -0.2) is 33.1 Å². The fourth-order valence-electron chi connectivity index (χ4n) is 4.47. The van der Waals surface area contributed by atoms with Gasteiger partial charge in [0.1, 0.15) is 0 Å². The van der Waals surface area contributed by atoms with Crippen molar-refractivity contribution in [1.82, 2.24) is 0 Å². The van der Waals surface area contributed by atoms with Crippen molar-refractivity contribution in [3.63, 3.8) is 0 Å². The third kappa shape index (κ3) is 25.2. The van der Waals surface area contributed by atoms with E-state index in [1.807, 2.05) is 0 Å².